The molecule has 4 heteroatoms. The molecule has 0 saturated heterocycles. The van der Waals surface area contributed by atoms with Crippen molar-refractivity contribution in [3.8, 4) is 5.75 Å². The van der Waals surface area contributed by atoms with Gasteiger partial charge in [-0.1, -0.05) is 12.1 Å². The molecule has 0 atom stereocenters. The van der Waals surface area contributed by atoms with E-state index in [9.17, 15) is 5.11 Å². The molecule has 0 saturated carbocycles. The van der Waals surface area contributed by atoms with E-state index in [1.54, 1.807) is 12.1 Å². The normalized spacial score (nSPS) is 10.6. The van der Waals surface area contributed by atoms with Crippen LogP contribution in [0.15, 0.2) is 24.3 Å². The fourth-order valence-corrected chi connectivity index (χ4v) is 1.36. The smallest absolute Gasteiger partial charge is 0.115 e. The van der Waals surface area contributed by atoms with Crippen LogP contribution in [-0.2, 0) is 11.3 Å². The Morgan fingerprint density at radius 1 is 1.25 bits per heavy atom. The van der Waals surface area contributed by atoms with E-state index >= 15 is 0 Å². The zero-order chi connectivity index (χ0) is 11.6. The molecule has 0 bridgehead atoms. The molecule has 1 aromatic carbocycles. The molecule has 0 amide bonds. The lowest BCUT2D eigenvalue weighted by molar-refractivity contribution is 0.0907. The standard InChI is InChI=1S/C12H19NO3/c14-6-8-16-7-2-5-13-10-11-3-1-4-12(15)9-11/h1,3-4,9,13-15H,2,5-8,10H2. The van der Waals surface area contributed by atoms with Gasteiger partial charge in [0.15, 0.2) is 0 Å². The minimum Gasteiger partial charge on any atom is -0.508 e. The van der Waals surface area contributed by atoms with Crippen LogP contribution in [0.25, 0.3) is 0 Å². The van der Waals surface area contributed by atoms with Gasteiger partial charge < -0.3 is 20.3 Å². The van der Waals surface area contributed by atoms with Gasteiger partial charge in [-0.3, -0.25) is 0 Å². The van der Waals surface area contributed by atoms with Crippen LogP contribution in [0.2, 0.25) is 0 Å². The summed E-state index contributed by atoms with van der Waals surface area (Å²) in [6, 6.07) is 7.20. The van der Waals surface area contributed by atoms with Crippen LogP contribution in [0.1, 0.15) is 12.0 Å². The van der Waals surface area contributed by atoms with E-state index in [1.165, 1.54) is 0 Å². The number of aromatic hydroxyl groups is 1. The van der Waals surface area contributed by atoms with Gasteiger partial charge in [0.05, 0.1) is 13.2 Å². The molecule has 1 rings (SSSR count). The van der Waals surface area contributed by atoms with E-state index in [4.69, 9.17) is 9.84 Å². The van der Waals surface area contributed by atoms with E-state index in [0.29, 0.717) is 19.0 Å². The highest BCUT2D eigenvalue weighted by Crippen LogP contribution is 2.10. The average molecular weight is 225 g/mol. The topological polar surface area (TPSA) is 61.7 Å². The minimum absolute atomic E-state index is 0.0801. The van der Waals surface area contributed by atoms with Crippen LogP contribution in [0, 0.1) is 0 Å². The second-order valence-electron chi connectivity index (χ2n) is 3.54. The van der Waals surface area contributed by atoms with Crippen molar-refractivity contribution in [3.05, 3.63) is 29.8 Å². The fourth-order valence-electron chi connectivity index (χ4n) is 1.36. The SMILES string of the molecule is OCCOCCCNCc1cccc(O)c1. The van der Waals surface area contributed by atoms with Gasteiger partial charge in [0, 0.05) is 13.2 Å². The Kier molecular flexibility index (Phi) is 6.56. The number of aliphatic hydroxyl groups excluding tert-OH is 1. The van der Waals surface area contributed by atoms with Crippen LogP contribution < -0.4 is 5.32 Å². The quantitative estimate of drug-likeness (QED) is 0.575. The predicted molar refractivity (Wildman–Crippen MR) is 62.3 cm³/mol. The molecule has 16 heavy (non-hydrogen) atoms. The summed E-state index contributed by atoms with van der Waals surface area (Å²) in [6.07, 6.45) is 0.915. The zero-order valence-electron chi connectivity index (χ0n) is 9.35. The molecule has 0 spiro atoms. The largest absolute Gasteiger partial charge is 0.508 e. The molecule has 0 aromatic heterocycles. The maximum absolute atomic E-state index is 9.24. The second-order valence-corrected chi connectivity index (χ2v) is 3.54. The first-order valence-corrected chi connectivity index (χ1v) is 5.50. The molecule has 0 aliphatic rings. The number of phenols is 1. The summed E-state index contributed by atoms with van der Waals surface area (Å²) in [4.78, 5) is 0. The van der Waals surface area contributed by atoms with Crippen LogP contribution in [0.5, 0.6) is 5.75 Å². The van der Waals surface area contributed by atoms with Crippen molar-refractivity contribution in [1.29, 1.82) is 0 Å². The maximum Gasteiger partial charge on any atom is 0.115 e. The number of rotatable bonds is 8. The number of aliphatic hydroxyl groups is 1. The summed E-state index contributed by atoms with van der Waals surface area (Å²) in [5.41, 5.74) is 1.07. The van der Waals surface area contributed by atoms with Crippen molar-refractivity contribution < 1.29 is 14.9 Å². The van der Waals surface area contributed by atoms with E-state index < -0.39 is 0 Å². The first-order valence-electron chi connectivity index (χ1n) is 5.50. The molecule has 0 aliphatic heterocycles. The van der Waals surface area contributed by atoms with Crippen molar-refractivity contribution in [3.63, 3.8) is 0 Å². The van der Waals surface area contributed by atoms with Gasteiger partial charge in [0.1, 0.15) is 5.75 Å². The number of hydrogen-bond acceptors (Lipinski definition) is 4. The number of ether oxygens (including phenoxy) is 1. The summed E-state index contributed by atoms with van der Waals surface area (Å²) in [6.45, 7) is 2.76. The molecule has 4 nitrogen and oxygen atoms in total. The van der Waals surface area contributed by atoms with E-state index in [2.05, 4.69) is 5.32 Å². The van der Waals surface area contributed by atoms with E-state index in [1.807, 2.05) is 12.1 Å². The summed E-state index contributed by atoms with van der Waals surface area (Å²) in [5, 5.41) is 21.0. The summed E-state index contributed by atoms with van der Waals surface area (Å²) >= 11 is 0. The Labute approximate surface area is 95.9 Å². The van der Waals surface area contributed by atoms with Crippen molar-refractivity contribution >= 4 is 0 Å². The van der Waals surface area contributed by atoms with Crippen molar-refractivity contribution in [1.82, 2.24) is 5.32 Å². The van der Waals surface area contributed by atoms with Gasteiger partial charge in [-0.2, -0.15) is 0 Å². The third-order valence-electron chi connectivity index (χ3n) is 2.12. The Hall–Kier alpha value is -1.10. The molecule has 0 fully saturated rings. The Bertz CT molecular complexity index is 291. The van der Waals surface area contributed by atoms with Crippen LogP contribution in [0.4, 0.5) is 0 Å². The highest BCUT2D eigenvalue weighted by atomic mass is 16.5. The van der Waals surface area contributed by atoms with Gasteiger partial charge in [0.25, 0.3) is 0 Å². The van der Waals surface area contributed by atoms with Crippen molar-refractivity contribution in [2.24, 2.45) is 0 Å². The van der Waals surface area contributed by atoms with Crippen LogP contribution in [-0.4, -0.2) is 36.6 Å². The number of nitrogens with one attached hydrogen (secondary N) is 1. The molecule has 1 aromatic rings. The first-order chi connectivity index (χ1) is 7.83. The third kappa shape index (κ3) is 5.70. The van der Waals surface area contributed by atoms with Crippen molar-refractivity contribution in [2.45, 2.75) is 13.0 Å². The predicted octanol–water partition coefficient (Wildman–Crippen LogP) is 0.881. The highest BCUT2D eigenvalue weighted by Gasteiger charge is 1.94. The molecule has 0 heterocycles. The third-order valence-corrected chi connectivity index (χ3v) is 2.12. The molecule has 3 N–H and O–H groups in total. The monoisotopic (exact) mass is 225 g/mol. The highest BCUT2D eigenvalue weighted by molar-refractivity contribution is 5.26. The lowest BCUT2D eigenvalue weighted by atomic mass is 10.2. The van der Waals surface area contributed by atoms with Crippen LogP contribution >= 0.6 is 0 Å². The molecular formula is C12H19NO3. The lowest BCUT2D eigenvalue weighted by Gasteiger charge is -2.05. The fraction of sp³-hybridized carbons (Fsp3) is 0.500. The number of phenolic OH excluding ortho intramolecular Hbond substituents is 1. The number of benzene rings is 1. The van der Waals surface area contributed by atoms with Crippen molar-refractivity contribution in [2.75, 3.05) is 26.4 Å². The molecule has 0 aliphatic carbocycles. The number of hydrogen-bond donors (Lipinski definition) is 3. The zero-order valence-corrected chi connectivity index (χ0v) is 9.35. The molecule has 0 unspecified atom stereocenters. The summed E-state index contributed by atoms with van der Waals surface area (Å²) in [7, 11) is 0. The Morgan fingerprint density at radius 2 is 2.12 bits per heavy atom. The average Bonchev–Trinajstić information content (AvgIpc) is 2.28. The van der Waals surface area contributed by atoms with Gasteiger partial charge in [-0.15, -0.1) is 0 Å². The Morgan fingerprint density at radius 3 is 2.88 bits per heavy atom. The molecule has 0 radical (unpaired) electrons. The van der Waals surface area contributed by atoms with Crippen LogP contribution in [0.3, 0.4) is 0 Å². The first kappa shape index (κ1) is 13.0. The van der Waals surface area contributed by atoms with Gasteiger partial charge in [-0.05, 0) is 30.7 Å². The second kappa shape index (κ2) is 8.10. The summed E-state index contributed by atoms with van der Waals surface area (Å²) < 4.78 is 5.12. The Balaban J connectivity index is 2.03. The summed E-state index contributed by atoms with van der Waals surface area (Å²) in [5.74, 6) is 0.297. The van der Waals surface area contributed by atoms with E-state index in [0.717, 1.165) is 25.1 Å². The van der Waals surface area contributed by atoms with Gasteiger partial charge in [-0.25, -0.2) is 0 Å². The van der Waals surface area contributed by atoms with Gasteiger partial charge >= 0.3 is 0 Å². The molecule has 90 valence electrons. The molecular weight excluding hydrogens is 206 g/mol. The van der Waals surface area contributed by atoms with E-state index in [-0.39, 0.29) is 6.61 Å². The van der Waals surface area contributed by atoms with Gasteiger partial charge in [0.2, 0.25) is 0 Å². The minimum atomic E-state index is 0.0801. The lowest BCUT2D eigenvalue weighted by Crippen LogP contribution is -2.16. The maximum atomic E-state index is 9.24.